The zero-order valence-corrected chi connectivity index (χ0v) is 13.9. The third kappa shape index (κ3) is 3.20. The fraction of sp³-hybridized carbons (Fsp3) is 0.0556. The number of hydrogen-bond donors (Lipinski definition) is 0. The van der Waals surface area contributed by atoms with Crippen molar-refractivity contribution in [3.8, 4) is 6.07 Å². The van der Waals surface area contributed by atoms with Crippen LogP contribution in [0.5, 0.6) is 0 Å². The van der Waals surface area contributed by atoms with Crippen LogP contribution in [0, 0.1) is 11.3 Å². The second-order valence-corrected chi connectivity index (χ2v) is 7.08. The Balaban J connectivity index is 1.83. The van der Waals surface area contributed by atoms with Crippen LogP contribution in [0.1, 0.15) is 28.4 Å². The van der Waals surface area contributed by atoms with Gasteiger partial charge in [-0.05, 0) is 37.3 Å². The molecule has 0 radical (unpaired) electrons. The Labute approximate surface area is 144 Å². The van der Waals surface area contributed by atoms with Crippen molar-refractivity contribution < 1.29 is 18.0 Å². The number of carbonyl (C=O) groups excluding carboxylic acids is 1. The van der Waals surface area contributed by atoms with Crippen molar-refractivity contribution in [1.29, 1.82) is 5.26 Å². The molecular formula is C18H12N2O4S. The Morgan fingerprint density at radius 1 is 1.12 bits per heavy atom. The Morgan fingerprint density at radius 2 is 1.80 bits per heavy atom. The quantitative estimate of drug-likeness (QED) is 0.481. The van der Waals surface area contributed by atoms with Gasteiger partial charge in [-0.1, -0.05) is 23.4 Å². The summed E-state index contributed by atoms with van der Waals surface area (Å²) >= 11 is 0. The molecule has 0 amide bonds. The van der Waals surface area contributed by atoms with Crippen molar-refractivity contribution in [2.24, 2.45) is 5.16 Å². The molecule has 1 aliphatic heterocycles. The van der Waals surface area contributed by atoms with Crippen molar-refractivity contribution >= 4 is 27.1 Å². The fourth-order valence-electron chi connectivity index (χ4n) is 2.39. The van der Waals surface area contributed by atoms with E-state index in [4.69, 9.17) is 10.1 Å². The van der Waals surface area contributed by atoms with Crippen molar-refractivity contribution in [1.82, 2.24) is 0 Å². The smallest absolute Gasteiger partial charge is 0.313 e. The Hall–Kier alpha value is -3.24. The lowest BCUT2D eigenvalue weighted by Crippen LogP contribution is -2.04. The molecule has 0 unspecified atom stereocenters. The molecule has 0 fully saturated rings. The molecule has 0 N–H and O–H groups in total. The van der Waals surface area contributed by atoms with Crippen LogP contribution in [0.4, 0.5) is 0 Å². The molecule has 6 nitrogen and oxygen atoms in total. The molecule has 3 rings (SSSR count). The first-order chi connectivity index (χ1) is 11.9. The summed E-state index contributed by atoms with van der Waals surface area (Å²) in [6, 6.07) is 14.4. The molecule has 25 heavy (non-hydrogen) atoms. The van der Waals surface area contributed by atoms with Gasteiger partial charge in [-0.15, -0.1) is 0 Å². The van der Waals surface area contributed by atoms with Crippen LogP contribution in [-0.2, 0) is 14.7 Å². The molecule has 0 spiro atoms. The number of carbonyl (C=O) groups is 1. The highest BCUT2D eigenvalue weighted by Crippen LogP contribution is 2.33. The van der Waals surface area contributed by atoms with E-state index in [-0.39, 0.29) is 16.2 Å². The van der Waals surface area contributed by atoms with Gasteiger partial charge in [0.25, 0.3) is 0 Å². The van der Waals surface area contributed by atoms with Crippen LogP contribution in [-0.4, -0.2) is 20.1 Å². The molecule has 0 aromatic heterocycles. The highest BCUT2D eigenvalue weighted by atomic mass is 32.2. The standard InChI is InChI=1S/C18H12N2O4S/c1-12(16-11-25(22,23)17-5-3-2-4-15(16)17)20-24-18(21)14-8-6-13(10-19)7-9-14/h2-9,11H,1H3/b20-12+. The van der Waals surface area contributed by atoms with Crippen LogP contribution in [0.2, 0.25) is 0 Å². The van der Waals surface area contributed by atoms with E-state index >= 15 is 0 Å². The minimum Gasteiger partial charge on any atom is -0.313 e. The second kappa shape index (κ2) is 6.34. The van der Waals surface area contributed by atoms with Gasteiger partial charge < -0.3 is 4.84 Å². The molecule has 0 aliphatic carbocycles. The predicted octanol–water partition coefficient (Wildman–Crippen LogP) is 2.92. The van der Waals surface area contributed by atoms with Gasteiger partial charge in [-0.3, -0.25) is 0 Å². The molecule has 0 atom stereocenters. The van der Waals surface area contributed by atoms with E-state index in [9.17, 15) is 13.2 Å². The highest BCUT2D eigenvalue weighted by molar-refractivity contribution is 7.95. The molecule has 0 saturated carbocycles. The van der Waals surface area contributed by atoms with E-state index in [2.05, 4.69) is 5.16 Å². The Kier molecular flexibility index (Phi) is 4.21. The minimum atomic E-state index is -3.51. The average molecular weight is 352 g/mol. The van der Waals surface area contributed by atoms with E-state index < -0.39 is 15.8 Å². The van der Waals surface area contributed by atoms with E-state index in [1.54, 1.807) is 25.1 Å². The normalized spacial score (nSPS) is 15.0. The minimum absolute atomic E-state index is 0.206. The van der Waals surface area contributed by atoms with Crippen molar-refractivity contribution in [2.75, 3.05) is 0 Å². The lowest BCUT2D eigenvalue weighted by molar-refractivity contribution is 0.0517. The summed E-state index contributed by atoms with van der Waals surface area (Å²) in [7, 11) is -3.51. The van der Waals surface area contributed by atoms with Gasteiger partial charge in [-0.25, -0.2) is 13.2 Å². The molecule has 1 aliphatic rings. The maximum atomic E-state index is 12.1. The molecular weight excluding hydrogens is 340 g/mol. The number of oxime groups is 1. The van der Waals surface area contributed by atoms with Gasteiger partial charge in [0, 0.05) is 16.5 Å². The molecule has 124 valence electrons. The molecule has 0 saturated heterocycles. The monoisotopic (exact) mass is 352 g/mol. The molecule has 0 bridgehead atoms. The zero-order chi connectivity index (χ0) is 18.0. The number of nitriles is 1. The topological polar surface area (TPSA) is 96.6 Å². The fourth-order valence-corrected chi connectivity index (χ4v) is 3.88. The van der Waals surface area contributed by atoms with Crippen LogP contribution in [0.15, 0.2) is 64.0 Å². The molecule has 1 heterocycles. The van der Waals surface area contributed by atoms with Gasteiger partial charge in [0.1, 0.15) is 0 Å². The van der Waals surface area contributed by atoms with E-state index in [1.165, 1.54) is 30.3 Å². The third-order valence-corrected chi connectivity index (χ3v) is 5.18. The van der Waals surface area contributed by atoms with Crippen LogP contribution < -0.4 is 0 Å². The van der Waals surface area contributed by atoms with Gasteiger partial charge in [0.15, 0.2) is 0 Å². The first-order valence-electron chi connectivity index (χ1n) is 7.25. The van der Waals surface area contributed by atoms with E-state index in [0.717, 1.165) is 5.41 Å². The average Bonchev–Trinajstić information content (AvgIpc) is 2.91. The number of fused-ring (bicyclic) bond motifs is 1. The molecule has 2 aromatic carbocycles. The SMILES string of the molecule is C/C(=N\OC(=O)c1ccc(C#N)cc1)C1=CS(=O)(=O)c2ccccc21. The van der Waals surface area contributed by atoms with Crippen LogP contribution >= 0.6 is 0 Å². The number of hydrogen-bond acceptors (Lipinski definition) is 6. The predicted molar refractivity (Wildman–Crippen MR) is 91.3 cm³/mol. The molecule has 7 heteroatoms. The van der Waals surface area contributed by atoms with Crippen molar-refractivity contribution in [3.05, 3.63) is 70.6 Å². The van der Waals surface area contributed by atoms with Crippen LogP contribution in [0.25, 0.3) is 5.57 Å². The first kappa shape index (κ1) is 16.6. The van der Waals surface area contributed by atoms with Crippen molar-refractivity contribution in [3.63, 3.8) is 0 Å². The Bertz CT molecular complexity index is 1060. The summed E-state index contributed by atoms with van der Waals surface area (Å²) in [5.41, 5.74) is 1.86. The summed E-state index contributed by atoms with van der Waals surface area (Å²) in [6.45, 7) is 1.56. The Morgan fingerprint density at radius 3 is 2.48 bits per heavy atom. The first-order valence-corrected chi connectivity index (χ1v) is 8.79. The largest absolute Gasteiger partial charge is 0.365 e. The maximum Gasteiger partial charge on any atom is 0.365 e. The third-order valence-electron chi connectivity index (χ3n) is 3.66. The van der Waals surface area contributed by atoms with Crippen molar-refractivity contribution in [2.45, 2.75) is 11.8 Å². The van der Waals surface area contributed by atoms with Gasteiger partial charge in [0.2, 0.25) is 9.84 Å². The summed E-state index contributed by atoms with van der Waals surface area (Å²) in [6.07, 6.45) is 0. The van der Waals surface area contributed by atoms with E-state index in [1.807, 2.05) is 6.07 Å². The summed E-state index contributed by atoms with van der Waals surface area (Å²) in [5.74, 6) is -0.696. The number of rotatable bonds is 3. The number of sulfone groups is 1. The summed E-state index contributed by atoms with van der Waals surface area (Å²) in [5, 5.41) is 13.6. The van der Waals surface area contributed by atoms with Crippen LogP contribution in [0.3, 0.4) is 0 Å². The number of allylic oxidation sites excluding steroid dienone is 1. The second-order valence-electron chi connectivity index (χ2n) is 5.32. The zero-order valence-electron chi connectivity index (χ0n) is 13.1. The van der Waals surface area contributed by atoms with E-state index in [0.29, 0.717) is 16.7 Å². The summed E-state index contributed by atoms with van der Waals surface area (Å²) < 4.78 is 24.2. The van der Waals surface area contributed by atoms with Gasteiger partial charge >= 0.3 is 5.97 Å². The lowest BCUT2D eigenvalue weighted by Gasteiger charge is -2.04. The maximum absolute atomic E-state index is 12.1. The highest BCUT2D eigenvalue weighted by Gasteiger charge is 2.28. The lowest BCUT2D eigenvalue weighted by atomic mass is 10.0. The molecule has 2 aromatic rings. The summed E-state index contributed by atoms with van der Waals surface area (Å²) in [4.78, 5) is 17.1. The number of nitrogens with zero attached hydrogens (tertiary/aromatic N) is 2. The number of benzene rings is 2. The van der Waals surface area contributed by atoms with Gasteiger partial charge in [0.05, 0.1) is 27.8 Å². The van der Waals surface area contributed by atoms with Gasteiger partial charge in [-0.2, -0.15) is 5.26 Å².